The summed E-state index contributed by atoms with van der Waals surface area (Å²) in [6.45, 7) is 5.50. The maximum Gasteiger partial charge on any atom is 0.491 e. The van der Waals surface area contributed by atoms with Gasteiger partial charge in [-0.2, -0.15) is 0 Å². The SMILES string of the molecule is C[C@H]1CN(c2ncc(B(O)O)cn2)C[C@H](C)O1. The lowest BCUT2D eigenvalue weighted by Gasteiger charge is -2.35. The first-order valence-corrected chi connectivity index (χ1v) is 5.64. The normalized spacial score (nSPS) is 24.8. The Balaban J connectivity index is 2.11. The molecule has 2 heterocycles. The molecule has 0 aromatic carbocycles. The smallest absolute Gasteiger partial charge is 0.423 e. The molecular formula is C10H16BN3O3. The van der Waals surface area contributed by atoms with E-state index in [1.165, 1.54) is 12.4 Å². The van der Waals surface area contributed by atoms with Crippen molar-refractivity contribution in [1.82, 2.24) is 9.97 Å². The zero-order valence-corrected chi connectivity index (χ0v) is 9.95. The lowest BCUT2D eigenvalue weighted by molar-refractivity contribution is -0.00571. The molecule has 0 aliphatic carbocycles. The first-order valence-electron chi connectivity index (χ1n) is 5.64. The molecule has 2 rings (SSSR count). The van der Waals surface area contributed by atoms with Crippen LogP contribution in [0, 0.1) is 0 Å². The lowest BCUT2D eigenvalue weighted by Crippen LogP contribution is -2.46. The molecule has 1 saturated heterocycles. The first kappa shape index (κ1) is 12.3. The molecule has 0 amide bonds. The summed E-state index contributed by atoms with van der Waals surface area (Å²) in [4.78, 5) is 10.3. The summed E-state index contributed by atoms with van der Waals surface area (Å²) >= 11 is 0. The van der Waals surface area contributed by atoms with Crippen LogP contribution in [0.2, 0.25) is 0 Å². The maximum absolute atomic E-state index is 8.95. The molecule has 1 aliphatic heterocycles. The number of ether oxygens (including phenoxy) is 1. The van der Waals surface area contributed by atoms with Crippen LogP contribution in [0.15, 0.2) is 12.4 Å². The van der Waals surface area contributed by atoms with Gasteiger partial charge in [0.05, 0.1) is 12.2 Å². The largest absolute Gasteiger partial charge is 0.491 e. The van der Waals surface area contributed by atoms with E-state index in [4.69, 9.17) is 14.8 Å². The fourth-order valence-corrected chi connectivity index (χ4v) is 1.97. The lowest BCUT2D eigenvalue weighted by atomic mass is 9.83. The van der Waals surface area contributed by atoms with Crippen molar-refractivity contribution in [2.45, 2.75) is 26.1 Å². The van der Waals surface area contributed by atoms with Gasteiger partial charge in [0, 0.05) is 30.9 Å². The monoisotopic (exact) mass is 237 g/mol. The second kappa shape index (κ2) is 4.99. The Labute approximate surface area is 100 Å². The second-order valence-electron chi connectivity index (χ2n) is 4.35. The zero-order valence-electron chi connectivity index (χ0n) is 9.95. The Morgan fingerprint density at radius 2 is 1.76 bits per heavy atom. The van der Waals surface area contributed by atoms with Gasteiger partial charge in [0.15, 0.2) is 0 Å². The van der Waals surface area contributed by atoms with E-state index in [9.17, 15) is 0 Å². The van der Waals surface area contributed by atoms with E-state index in [1.54, 1.807) is 0 Å². The molecule has 0 saturated carbocycles. The third-order valence-electron chi connectivity index (χ3n) is 2.66. The predicted molar refractivity (Wildman–Crippen MR) is 64.1 cm³/mol. The maximum atomic E-state index is 8.95. The van der Waals surface area contributed by atoms with Gasteiger partial charge < -0.3 is 19.7 Å². The van der Waals surface area contributed by atoms with Crippen LogP contribution in [-0.2, 0) is 4.74 Å². The van der Waals surface area contributed by atoms with Crippen molar-refractivity contribution in [1.29, 1.82) is 0 Å². The molecule has 0 radical (unpaired) electrons. The number of rotatable bonds is 2. The third kappa shape index (κ3) is 2.93. The number of hydrogen-bond acceptors (Lipinski definition) is 6. The quantitative estimate of drug-likeness (QED) is 0.627. The highest BCUT2D eigenvalue weighted by atomic mass is 16.5. The number of hydrogen-bond donors (Lipinski definition) is 2. The molecule has 0 spiro atoms. The number of aromatic nitrogens is 2. The van der Waals surface area contributed by atoms with Crippen LogP contribution < -0.4 is 10.4 Å². The van der Waals surface area contributed by atoms with Gasteiger partial charge in [-0.1, -0.05) is 0 Å². The summed E-state index contributed by atoms with van der Waals surface area (Å²) in [5, 5.41) is 17.9. The molecule has 1 aromatic rings. The summed E-state index contributed by atoms with van der Waals surface area (Å²) in [5.41, 5.74) is 0.295. The van der Waals surface area contributed by atoms with Crippen molar-refractivity contribution in [2.24, 2.45) is 0 Å². The molecule has 17 heavy (non-hydrogen) atoms. The van der Waals surface area contributed by atoms with Gasteiger partial charge >= 0.3 is 7.12 Å². The van der Waals surface area contributed by atoms with Gasteiger partial charge in [0.1, 0.15) is 0 Å². The summed E-state index contributed by atoms with van der Waals surface area (Å²) in [6, 6.07) is 0. The van der Waals surface area contributed by atoms with Gasteiger partial charge in [-0.15, -0.1) is 0 Å². The average molecular weight is 237 g/mol. The molecule has 7 heteroatoms. The van der Waals surface area contributed by atoms with Gasteiger partial charge in [-0.25, -0.2) is 9.97 Å². The molecular weight excluding hydrogens is 221 g/mol. The van der Waals surface area contributed by atoms with Crippen LogP contribution >= 0.6 is 0 Å². The predicted octanol–water partition coefficient (Wildman–Crippen LogP) is -1.23. The van der Waals surface area contributed by atoms with E-state index in [0.717, 1.165) is 13.1 Å². The Kier molecular flexibility index (Phi) is 3.61. The van der Waals surface area contributed by atoms with E-state index in [0.29, 0.717) is 11.4 Å². The van der Waals surface area contributed by atoms with Gasteiger partial charge in [-0.3, -0.25) is 0 Å². The highest BCUT2D eigenvalue weighted by Gasteiger charge is 2.24. The molecule has 1 aromatic heterocycles. The fraction of sp³-hybridized carbons (Fsp3) is 0.600. The minimum Gasteiger partial charge on any atom is -0.423 e. The van der Waals surface area contributed by atoms with Crippen LogP contribution in [0.5, 0.6) is 0 Å². The van der Waals surface area contributed by atoms with Crippen LogP contribution in [0.4, 0.5) is 5.95 Å². The summed E-state index contributed by atoms with van der Waals surface area (Å²) in [6.07, 6.45) is 3.14. The van der Waals surface area contributed by atoms with E-state index >= 15 is 0 Å². The molecule has 0 bridgehead atoms. The Morgan fingerprint density at radius 3 is 2.24 bits per heavy atom. The van der Waals surface area contributed by atoms with Crippen LogP contribution in [-0.4, -0.2) is 52.4 Å². The van der Waals surface area contributed by atoms with Gasteiger partial charge in [-0.05, 0) is 13.8 Å². The fourth-order valence-electron chi connectivity index (χ4n) is 1.97. The molecule has 1 fully saturated rings. The molecule has 2 atom stereocenters. The minimum atomic E-state index is -1.52. The van der Waals surface area contributed by atoms with Crippen LogP contribution in [0.25, 0.3) is 0 Å². The van der Waals surface area contributed by atoms with E-state index < -0.39 is 7.12 Å². The van der Waals surface area contributed by atoms with Crippen molar-refractivity contribution in [2.75, 3.05) is 18.0 Å². The average Bonchev–Trinajstić information content (AvgIpc) is 2.28. The van der Waals surface area contributed by atoms with Crippen LogP contribution in [0.3, 0.4) is 0 Å². The third-order valence-corrected chi connectivity index (χ3v) is 2.66. The molecule has 92 valence electrons. The Bertz CT molecular complexity index is 364. The number of anilines is 1. The topological polar surface area (TPSA) is 78.7 Å². The minimum absolute atomic E-state index is 0.144. The first-order chi connectivity index (χ1) is 8.06. The summed E-state index contributed by atoms with van der Waals surface area (Å²) < 4.78 is 5.62. The summed E-state index contributed by atoms with van der Waals surface area (Å²) in [7, 11) is -1.52. The molecule has 6 nitrogen and oxygen atoms in total. The van der Waals surface area contributed by atoms with Crippen molar-refractivity contribution in [3.8, 4) is 0 Å². The van der Waals surface area contributed by atoms with Crippen molar-refractivity contribution in [3.05, 3.63) is 12.4 Å². The van der Waals surface area contributed by atoms with Crippen molar-refractivity contribution < 1.29 is 14.8 Å². The highest BCUT2D eigenvalue weighted by Crippen LogP contribution is 2.15. The van der Waals surface area contributed by atoms with E-state index in [1.807, 2.05) is 18.7 Å². The number of morpholine rings is 1. The number of nitrogens with zero attached hydrogens (tertiary/aromatic N) is 3. The molecule has 1 aliphatic rings. The highest BCUT2D eigenvalue weighted by molar-refractivity contribution is 6.58. The summed E-state index contributed by atoms with van der Waals surface area (Å²) in [5.74, 6) is 0.594. The molecule has 0 unspecified atom stereocenters. The molecule has 2 N–H and O–H groups in total. The van der Waals surface area contributed by atoms with Gasteiger partial charge in [0.2, 0.25) is 5.95 Å². The van der Waals surface area contributed by atoms with Crippen molar-refractivity contribution >= 4 is 18.5 Å². The van der Waals surface area contributed by atoms with E-state index in [-0.39, 0.29) is 12.2 Å². The zero-order chi connectivity index (χ0) is 12.4. The second-order valence-corrected chi connectivity index (χ2v) is 4.35. The Hall–Kier alpha value is -1.18. The van der Waals surface area contributed by atoms with Crippen molar-refractivity contribution in [3.63, 3.8) is 0 Å². The Morgan fingerprint density at radius 1 is 1.24 bits per heavy atom. The van der Waals surface area contributed by atoms with Crippen LogP contribution in [0.1, 0.15) is 13.8 Å². The standard InChI is InChI=1S/C10H16BN3O3/c1-7-5-14(6-8(2)17-7)10-12-3-9(4-13-10)11(15)16/h3-4,7-8,15-16H,5-6H2,1-2H3/t7-,8-/m0/s1. The van der Waals surface area contributed by atoms with Gasteiger partial charge in [0.25, 0.3) is 0 Å². The van der Waals surface area contributed by atoms with E-state index in [2.05, 4.69) is 9.97 Å².